The Labute approximate surface area is 188 Å². The van der Waals surface area contributed by atoms with Crippen LogP contribution in [0.2, 0.25) is 0 Å². The summed E-state index contributed by atoms with van der Waals surface area (Å²) in [6, 6.07) is 6.55. The van der Waals surface area contributed by atoms with E-state index in [0.717, 1.165) is 0 Å². The molecule has 12 heteroatoms. The second-order valence-corrected chi connectivity index (χ2v) is 7.97. The van der Waals surface area contributed by atoms with Gasteiger partial charge in [0, 0.05) is 24.5 Å². The summed E-state index contributed by atoms with van der Waals surface area (Å²) in [4.78, 5) is 28.3. The number of ether oxygens (including phenoxy) is 2. The molecule has 9 nitrogen and oxygen atoms in total. The van der Waals surface area contributed by atoms with Gasteiger partial charge in [-0.1, -0.05) is 0 Å². The molecule has 0 aliphatic heterocycles. The summed E-state index contributed by atoms with van der Waals surface area (Å²) in [7, 11) is 0. The molecule has 0 unspecified atom stereocenters. The molecule has 0 radical (unpaired) electrons. The molecule has 1 aromatic heterocycles. The quantitative estimate of drug-likeness (QED) is 0.326. The number of imidazole rings is 1. The fraction of sp³-hybridized carbons (Fsp3) is 0.429. The average Bonchev–Trinajstić information content (AvgIpc) is 3.12. The van der Waals surface area contributed by atoms with Crippen molar-refractivity contribution in [3.63, 3.8) is 0 Å². The number of unbranched alkanes of at least 4 members (excludes halogenated alkanes) is 1. The van der Waals surface area contributed by atoms with E-state index in [1.165, 1.54) is 17.0 Å². The third kappa shape index (κ3) is 8.83. The van der Waals surface area contributed by atoms with Crippen molar-refractivity contribution in [2.75, 3.05) is 6.61 Å². The summed E-state index contributed by atoms with van der Waals surface area (Å²) >= 11 is 0. The van der Waals surface area contributed by atoms with Gasteiger partial charge in [-0.3, -0.25) is 15.5 Å². The standard InChI is InChI=1S/C21H26F3N5O4/c1-20(2,3)33-19(31)27-16(25)14-6-8-15(9-7-14)32-13-5-4-11-29-12-10-26-18(29)28-17(30)21(22,23)24/h6-10,12H,4-5,11,13H2,1-3H3,(H2,25,27,31)(H,26,28,30). The number of aryl methyl sites for hydroxylation is 1. The fourth-order valence-electron chi connectivity index (χ4n) is 2.56. The Hall–Kier alpha value is -3.57. The molecule has 0 saturated heterocycles. The summed E-state index contributed by atoms with van der Waals surface area (Å²) in [6.45, 7) is 5.88. The number of carbonyl (C=O) groups is 2. The molecule has 0 atom stereocenters. The van der Waals surface area contributed by atoms with Crippen LogP contribution in [0.3, 0.4) is 0 Å². The van der Waals surface area contributed by atoms with Crippen LogP contribution in [0.1, 0.15) is 39.2 Å². The topological polar surface area (TPSA) is 122 Å². The summed E-state index contributed by atoms with van der Waals surface area (Å²) in [5.41, 5.74) is -0.364. The number of nitrogens with one attached hydrogen (secondary N) is 3. The van der Waals surface area contributed by atoms with Gasteiger partial charge >= 0.3 is 18.2 Å². The summed E-state index contributed by atoms with van der Waals surface area (Å²) in [5, 5.41) is 10.3. The molecule has 0 bridgehead atoms. The molecule has 2 aromatic rings. The van der Waals surface area contributed by atoms with Crippen molar-refractivity contribution in [1.29, 1.82) is 5.41 Å². The number of aromatic nitrogens is 2. The van der Waals surface area contributed by atoms with E-state index in [0.29, 0.717) is 37.3 Å². The van der Waals surface area contributed by atoms with Crippen LogP contribution in [0, 0.1) is 5.41 Å². The number of halogens is 3. The van der Waals surface area contributed by atoms with Gasteiger partial charge in [0.25, 0.3) is 0 Å². The second-order valence-electron chi connectivity index (χ2n) is 7.97. The van der Waals surface area contributed by atoms with Crippen LogP contribution in [0.15, 0.2) is 41.7 Å². The highest BCUT2D eigenvalue weighted by molar-refractivity contribution is 6.04. The molecule has 0 aliphatic carbocycles. The number of hydrogen-bond donors (Lipinski definition) is 3. The summed E-state index contributed by atoms with van der Waals surface area (Å²) in [6.07, 6.45) is -1.66. The molecule has 2 amide bonds. The van der Waals surface area contributed by atoms with Crippen molar-refractivity contribution in [2.45, 2.75) is 51.9 Å². The Morgan fingerprint density at radius 1 is 1.15 bits per heavy atom. The van der Waals surface area contributed by atoms with Crippen LogP contribution in [0.4, 0.5) is 18.0 Å². The SMILES string of the molecule is CC(C)(C)OC(=O)NC(=N)c1ccc(OCCCCn2cc[nH]/c2=N/C(=O)C(F)(F)F)cc1. The maximum Gasteiger partial charge on any atom is 0.473 e. The van der Waals surface area contributed by atoms with Crippen molar-refractivity contribution in [2.24, 2.45) is 4.99 Å². The average molecular weight is 469 g/mol. The third-order valence-corrected chi connectivity index (χ3v) is 4.02. The van der Waals surface area contributed by atoms with Crippen LogP contribution in [-0.2, 0) is 16.1 Å². The van der Waals surface area contributed by atoms with Crippen molar-refractivity contribution in [1.82, 2.24) is 14.9 Å². The smallest absolute Gasteiger partial charge is 0.473 e. The molecule has 0 aliphatic rings. The number of alkyl halides is 3. The lowest BCUT2D eigenvalue weighted by Gasteiger charge is -2.19. The van der Waals surface area contributed by atoms with E-state index in [9.17, 15) is 22.8 Å². The highest BCUT2D eigenvalue weighted by Crippen LogP contribution is 2.16. The van der Waals surface area contributed by atoms with Gasteiger partial charge in [0.1, 0.15) is 17.2 Å². The van der Waals surface area contributed by atoms with Gasteiger partial charge in [-0.15, -0.1) is 0 Å². The Morgan fingerprint density at radius 2 is 1.82 bits per heavy atom. The molecular weight excluding hydrogens is 443 g/mol. The minimum atomic E-state index is -5.02. The maximum absolute atomic E-state index is 12.4. The van der Waals surface area contributed by atoms with E-state index in [2.05, 4.69) is 15.3 Å². The first kappa shape index (κ1) is 25.7. The predicted octanol–water partition coefficient (Wildman–Crippen LogP) is 3.52. The maximum atomic E-state index is 12.4. The molecule has 0 spiro atoms. The zero-order valence-corrected chi connectivity index (χ0v) is 18.5. The van der Waals surface area contributed by atoms with E-state index >= 15 is 0 Å². The highest BCUT2D eigenvalue weighted by Gasteiger charge is 2.38. The molecule has 33 heavy (non-hydrogen) atoms. The van der Waals surface area contributed by atoms with Crippen LogP contribution in [0.25, 0.3) is 0 Å². The Kier molecular flexibility index (Phi) is 8.44. The Bertz CT molecular complexity index is 1030. The molecule has 1 heterocycles. The second kappa shape index (κ2) is 10.8. The number of benzene rings is 1. The Morgan fingerprint density at radius 3 is 2.42 bits per heavy atom. The van der Waals surface area contributed by atoms with Crippen LogP contribution < -0.4 is 15.7 Å². The van der Waals surface area contributed by atoms with E-state index < -0.39 is 23.8 Å². The number of rotatable bonds is 7. The van der Waals surface area contributed by atoms with Crippen LogP contribution >= 0.6 is 0 Å². The van der Waals surface area contributed by atoms with Crippen molar-refractivity contribution in [3.8, 4) is 5.75 Å². The first-order valence-electron chi connectivity index (χ1n) is 10.1. The number of amides is 2. The molecule has 0 fully saturated rings. The van der Waals surface area contributed by atoms with E-state index in [4.69, 9.17) is 14.9 Å². The van der Waals surface area contributed by atoms with Crippen molar-refractivity contribution < 1.29 is 32.2 Å². The number of alkyl carbamates (subject to hydrolysis) is 1. The number of nitrogens with zero attached hydrogens (tertiary/aromatic N) is 2. The normalized spacial score (nSPS) is 12.4. The van der Waals surface area contributed by atoms with Gasteiger partial charge in [-0.05, 0) is 57.9 Å². The summed E-state index contributed by atoms with van der Waals surface area (Å²) in [5.74, 6) is -1.71. The lowest BCUT2D eigenvalue weighted by atomic mass is 10.2. The van der Waals surface area contributed by atoms with Gasteiger partial charge in [0.05, 0.1) is 6.61 Å². The lowest BCUT2D eigenvalue weighted by Crippen LogP contribution is -2.36. The van der Waals surface area contributed by atoms with E-state index in [1.807, 2.05) is 0 Å². The largest absolute Gasteiger partial charge is 0.494 e. The van der Waals surface area contributed by atoms with Gasteiger partial charge < -0.3 is 19.0 Å². The highest BCUT2D eigenvalue weighted by atomic mass is 19.4. The van der Waals surface area contributed by atoms with Gasteiger partial charge in [-0.2, -0.15) is 18.2 Å². The molecular formula is C21H26F3N5O4. The van der Waals surface area contributed by atoms with Crippen molar-refractivity contribution >= 4 is 17.8 Å². The van der Waals surface area contributed by atoms with Crippen LogP contribution in [-0.4, -0.2) is 45.8 Å². The summed E-state index contributed by atoms with van der Waals surface area (Å²) < 4.78 is 49.2. The number of amidine groups is 1. The van der Waals surface area contributed by atoms with Gasteiger partial charge in [0.2, 0.25) is 5.62 Å². The van der Waals surface area contributed by atoms with Gasteiger partial charge in [0.15, 0.2) is 0 Å². The molecule has 1 aromatic carbocycles. The number of carbonyl (C=O) groups excluding carboxylic acids is 2. The zero-order valence-electron chi connectivity index (χ0n) is 18.5. The third-order valence-electron chi connectivity index (χ3n) is 4.02. The molecule has 0 saturated carbocycles. The minimum absolute atomic E-state index is 0.107. The predicted molar refractivity (Wildman–Crippen MR) is 113 cm³/mol. The first-order chi connectivity index (χ1) is 15.3. The van der Waals surface area contributed by atoms with E-state index in [1.54, 1.807) is 45.0 Å². The zero-order chi connectivity index (χ0) is 24.6. The molecule has 180 valence electrons. The molecule has 2 rings (SSSR count). The van der Waals surface area contributed by atoms with E-state index in [-0.39, 0.29) is 11.5 Å². The number of H-pyrrole nitrogens is 1. The van der Waals surface area contributed by atoms with Gasteiger partial charge in [-0.25, -0.2) is 4.79 Å². The minimum Gasteiger partial charge on any atom is -0.494 e. The first-order valence-corrected chi connectivity index (χ1v) is 10.1. The fourth-order valence-corrected chi connectivity index (χ4v) is 2.56. The van der Waals surface area contributed by atoms with Crippen LogP contribution in [0.5, 0.6) is 5.75 Å². The molecule has 3 N–H and O–H groups in total. The monoisotopic (exact) mass is 469 g/mol. The van der Waals surface area contributed by atoms with Crippen molar-refractivity contribution in [3.05, 3.63) is 47.8 Å². The Balaban J connectivity index is 1.78. The number of hydrogen-bond acceptors (Lipinski definition) is 5. The number of aromatic amines is 1. The lowest BCUT2D eigenvalue weighted by molar-refractivity contribution is -0.169.